The quantitative estimate of drug-likeness (QED) is 0.0247. The number of nitrogens with one attached hydrogen (secondary N) is 1. The Morgan fingerprint density at radius 3 is 1.57 bits per heavy atom. The Hall–Kier alpha value is -3.48. The molecule has 6 nitrogen and oxygen atoms in total. The third kappa shape index (κ3) is 41.3. The number of carbonyl (C=O) groups is 2. The van der Waals surface area contributed by atoms with Gasteiger partial charge in [0.15, 0.2) is 0 Å². The van der Waals surface area contributed by atoms with Gasteiger partial charge < -0.3 is 20.3 Å². The van der Waals surface area contributed by atoms with Crippen molar-refractivity contribution >= 4 is 11.9 Å². The van der Waals surface area contributed by atoms with Crippen LogP contribution in [0.2, 0.25) is 0 Å². The van der Waals surface area contributed by atoms with Crippen molar-refractivity contribution in [1.29, 1.82) is 0 Å². The largest absolute Gasteiger partial charge is 0.462 e. The molecule has 0 saturated heterocycles. The van der Waals surface area contributed by atoms with Crippen molar-refractivity contribution in [1.82, 2.24) is 5.32 Å². The molecule has 0 aliphatic carbocycles. The normalized spacial score (nSPS) is 14.3. The van der Waals surface area contributed by atoms with Gasteiger partial charge in [-0.2, -0.15) is 0 Å². The molecule has 0 fully saturated rings. The first-order valence-corrected chi connectivity index (χ1v) is 24.2. The van der Waals surface area contributed by atoms with E-state index < -0.39 is 18.2 Å². The minimum Gasteiger partial charge on any atom is -0.462 e. The smallest absolute Gasteiger partial charge is 0.306 e. The molecule has 340 valence electrons. The second kappa shape index (κ2) is 46.6. The third-order valence-electron chi connectivity index (χ3n) is 10.2. The molecule has 6 heteroatoms. The fraction of sp³-hybridized carbons (Fsp3) is 0.630. The lowest BCUT2D eigenvalue weighted by Crippen LogP contribution is -2.46. The molecule has 0 heterocycles. The maximum Gasteiger partial charge on any atom is 0.306 e. The minimum atomic E-state index is -0.815. The average Bonchev–Trinajstić information content (AvgIpc) is 3.24. The predicted molar refractivity (Wildman–Crippen MR) is 259 cm³/mol. The number of unbranched alkanes of at least 4 members (excludes halogenated alkanes) is 15. The monoisotopic (exact) mass is 832 g/mol. The zero-order valence-corrected chi connectivity index (χ0v) is 38.5. The molecule has 1 amide bonds. The molecule has 3 atom stereocenters. The Balaban J connectivity index is 4.80. The fourth-order valence-electron chi connectivity index (χ4n) is 6.62. The summed E-state index contributed by atoms with van der Waals surface area (Å²) in [7, 11) is 0. The number of hydrogen-bond donors (Lipinski definition) is 3. The van der Waals surface area contributed by atoms with E-state index in [1.165, 1.54) is 57.8 Å². The summed E-state index contributed by atoms with van der Waals surface area (Å²) in [6.07, 6.45) is 62.9. The molecule has 0 aliphatic rings. The Bertz CT molecular complexity index is 1250. The predicted octanol–water partition coefficient (Wildman–Crippen LogP) is 14.3. The van der Waals surface area contributed by atoms with Crippen LogP contribution < -0.4 is 5.32 Å². The van der Waals surface area contributed by atoms with Gasteiger partial charge in [-0.25, -0.2) is 0 Å². The van der Waals surface area contributed by atoms with Crippen molar-refractivity contribution < 1.29 is 24.5 Å². The highest BCUT2D eigenvalue weighted by Gasteiger charge is 2.24. The number of aliphatic hydroxyl groups is 2. The van der Waals surface area contributed by atoms with Crippen molar-refractivity contribution in [3.05, 3.63) is 109 Å². The maximum atomic E-state index is 13.2. The van der Waals surface area contributed by atoms with Gasteiger partial charge in [-0.1, -0.05) is 214 Å². The summed E-state index contributed by atoms with van der Waals surface area (Å²) in [5.41, 5.74) is 0. The van der Waals surface area contributed by atoms with Gasteiger partial charge in [-0.05, 0) is 77.0 Å². The first-order valence-electron chi connectivity index (χ1n) is 24.2. The summed E-state index contributed by atoms with van der Waals surface area (Å²) in [5, 5.41) is 23.7. The van der Waals surface area contributed by atoms with E-state index in [0.29, 0.717) is 19.3 Å². The van der Waals surface area contributed by atoms with Crippen molar-refractivity contribution in [3.8, 4) is 0 Å². The molecule has 3 N–H and O–H groups in total. The maximum absolute atomic E-state index is 13.2. The van der Waals surface area contributed by atoms with Gasteiger partial charge >= 0.3 is 5.97 Å². The summed E-state index contributed by atoms with van der Waals surface area (Å²) in [5.74, 6) is -0.590. The van der Waals surface area contributed by atoms with E-state index in [-0.39, 0.29) is 24.9 Å². The molecule has 0 aliphatic heterocycles. The highest BCUT2D eigenvalue weighted by atomic mass is 16.5. The van der Waals surface area contributed by atoms with Crippen LogP contribution in [-0.4, -0.2) is 46.9 Å². The van der Waals surface area contributed by atoms with Crippen LogP contribution in [0.15, 0.2) is 109 Å². The SMILES string of the molecule is CC/C=C/C=C/C=C\C=C/C=C/CCCCCC(=O)OC(CCC/C=C/C/C=C/C/C=C/C/C=C/CC)CC(=O)NC(CO)C(O)CCCCCCCCCCCCCC. The Kier molecular flexibility index (Phi) is 43.9. The summed E-state index contributed by atoms with van der Waals surface area (Å²) in [6, 6.07) is -0.734. The zero-order chi connectivity index (χ0) is 43.8. The van der Waals surface area contributed by atoms with E-state index in [9.17, 15) is 19.8 Å². The van der Waals surface area contributed by atoms with Crippen LogP contribution in [0.5, 0.6) is 0 Å². The second-order valence-corrected chi connectivity index (χ2v) is 15.9. The summed E-state index contributed by atoms with van der Waals surface area (Å²) in [6.45, 7) is 6.18. The van der Waals surface area contributed by atoms with Crippen LogP contribution in [0.1, 0.15) is 194 Å². The molecule has 0 spiro atoms. The van der Waals surface area contributed by atoms with Crippen molar-refractivity contribution in [2.45, 2.75) is 212 Å². The summed E-state index contributed by atoms with van der Waals surface area (Å²) < 4.78 is 5.87. The van der Waals surface area contributed by atoms with Crippen LogP contribution in [-0.2, 0) is 14.3 Å². The van der Waals surface area contributed by atoms with E-state index in [0.717, 1.165) is 89.9 Å². The summed E-state index contributed by atoms with van der Waals surface area (Å²) >= 11 is 0. The highest BCUT2D eigenvalue weighted by molar-refractivity contribution is 5.77. The van der Waals surface area contributed by atoms with Crippen LogP contribution in [0.25, 0.3) is 0 Å². The second-order valence-electron chi connectivity index (χ2n) is 15.9. The Morgan fingerprint density at radius 2 is 1.00 bits per heavy atom. The van der Waals surface area contributed by atoms with Crippen LogP contribution in [0, 0.1) is 0 Å². The number of aliphatic hydroxyl groups excluding tert-OH is 2. The van der Waals surface area contributed by atoms with Gasteiger partial charge in [0.05, 0.1) is 25.2 Å². The minimum absolute atomic E-state index is 0.0153. The number of carbonyl (C=O) groups excluding carboxylic acids is 2. The van der Waals surface area contributed by atoms with E-state index in [1.54, 1.807) is 0 Å². The van der Waals surface area contributed by atoms with E-state index in [1.807, 2.05) is 48.6 Å². The molecule has 60 heavy (non-hydrogen) atoms. The average molecular weight is 832 g/mol. The summed E-state index contributed by atoms with van der Waals surface area (Å²) in [4.78, 5) is 26.1. The van der Waals surface area contributed by atoms with Gasteiger partial charge in [0, 0.05) is 6.42 Å². The first-order chi connectivity index (χ1) is 29.5. The molecule has 0 aromatic carbocycles. The molecular formula is C54H89NO5. The van der Waals surface area contributed by atoms with E-state index >= 15 is 0 Å². The van der Waals surface area contributed by atoms with E-state index in [2.05, 4.69) is 86.8 Å². The standard InChI is InChI=1S/C54H89NO5/c1-4-7-10-13-16-19-22-25-27-29-32-35-38-41-44-47-54(59)60-50(45-42-39-36-33-30-28-26-23-20-17-14-11-8-5-2)48-53(58)55-51(49-56)52(57)46-43-40-37-34-31-24-21-18-15-12-9-6-3/h7-8,10-11,13,16-17,19-20,22,25-29,32-33,36,50-52,56-57H,4-6,9,12,14-15,18,21,23-24,30-31,34-35,37-49H2,1-3H3,(H,55,58)/b10-7+,11-8+,16-13+,20-17+,22-19-,27-25-,28-26+,32-29+,36-33+. The Labute approximate surface area is 368 Å². The zero-order valence-electron chi connectivity index (χ0n) is 38.5. The number of rotatable bonds is 41. The lowest BCUT2D eigenvalue weighted by atomic mass is 10.0. The van der Waals surface area contributed by atoms with Gasteiger partial charge in [-0.3, -0.25) is 9.59 Å². The third-order valence-corrected chi connectivity index (χ3v) is 10.2. The topological polar surface area (TPSA) is 95.9 Å². The fourth-order valence-corrected chi connectivity index (χ4v) is 6.62. The number of esters is 1. The van der Waals surface area contributed by atoms with E-state index in [4.69, 9.17) is 4.74 Å². The molecule has 0 radical (unpaired) electrons. The molecular weight excluding hydrogens is 743 g/mol. The van der Waals surface area contributed by atoms with Gasteiger partial charge in [-0.15, -0.1) is 0 Å². The molecule has 3 unspecified atom stereocenters. The van der Waals surface area contributed by atoms with Crippen LogP contribution in [0.4, 0.5) is 0 Å². The molecule has 0 saturated carbocycles. The molecule has 0 aromatic heterocycles. The molecule has 0 bridgehead atoms. The van der Waals surface area contributed by atoms with Crippen molar-refractivity contribution in [2.24, 2.45) is 0 Å². The highest BCUT2D eigenvalue weighted by Crippen LogP contribution is 2.16. The number of allylic oxidation sites excluding steroid dienone is 18. The number of ether oxygens (including phenoxy) is 1. The van der Waals surface area contributed by atoms with Gasteiger partial charge in [0.2, 0.25) is 5.91 Å². The Morgan fingerprint density at radius 1 is 0.517 bits per heavy atom. The molecule has 0 rings (SSSR count). The van der Waals surface area contributed by atoms with Gasteiger partial charge in [0.25, 0.3) is 0 Å². The van der Waals surface area contributed by atoms with Crippen molar-refractivity contribution in [2.75, 3.05) is 6.61 Å². The number of hydrogen-bond acceptors (Lipinski definition) is 5. The number of amides is 1. The lowest BCUT2D eigenvalue weighted by Gasteiger charge is -2.24. The van der Waals surface area contributed by atoms with Crippen molar-refractivity contribution in [3.63, 3.8) is 0 Å². The van der Waals surface area contributed by atoms with Gasteiger partial charge in [0.1, 0.15) is 6.10 Å². The lowest BCUT2D eigenvalue weighted by molar-refractivity contribution is -0.151. The first kappa shape index (κ1) is 56.5. The van der Waals surface area contributed by atoms with Crippen LogP contribution >= 0.6 is 0 Å². The van der Waals surface area contributed by atoms with Crippen LogP contribution in [0.3, 0.4) is 0 Å². The molecule has 0 aromatic rings.